The Balaban J connectivity index is 2.04. The number of unbranched alkanes of at least 4 members (excludes halogenated alkanes) is 1. The van der Waals surface area contributed by atoms with Crippen LogP contribution in [0.3, 0.4) is 0 Å². The van der Waals surface area contributed by atoms with E-state index in [4.69, 9.17) is 4.74 Å². The lowest BCUT2D eigenvalue weighted by Gasteiger charge is -2.20. The van der Waals surface area contributed by atoms with Crippen LogP contribution in [-0.2, 0) is 9.53 Å². The molecule has 0 spiro atoms. The van der Waals surface area contributed by atoms with Gasteiger partial charge in [-0.25, -0.2) is 4.79 Å². The van der Waals surface area contributed by atoms with Crippen LogP contribution >= 0.6 is 0 Å². The van der Waals surface area contributed by atoms with Gasteiger partial charge in [0.05, 0.1) is 12.2 Å². The second-order valence-electron chi connectivity index (χ2n) is 6.95. The molecule has 0 saturated heterocycles. The smallest absolute Gasteiger partial charge is 0.338 e. The minimum absolute atomic E-state index is 0.00126. The number of rotatable bonds is 10. The zero-order valence-corrected chi connectivity index (χ0v) is 18.4. The highest BCUT2D eigenvalue weighted by Crippen LogP contribution is 2.18. The van der Waals surface area contributed by atoms with Crippen LogP contribution in [0.1, 0.15) is 49.5 Å². The van der Waals surface area contributed by atoms with Crippen molar-refractivity contribution in [2.75, 3.05) is 29.9 Å². The van der Waals surface area contributed by atoms with E-state index in [1.807, 2.05) is 37.3 Å². The summed E-state index contributed by atoms with van der Waals surface area (Å²) in [5.74, 6) is -0.898. The SMILES string of the molecule is CCCCOC(=O)c1ccc(NC(=O)/C(C#N)=C\c2ccc(N(CC)CC)cc2)cc1. The summed E-state index contributed by atoms with van der Waals surface area (Å²) >= 11 is 0. The second-order valence-corrected chi connectivity index (χ2v) is 6.95. The number of nitrogens with zero attached hydrogens (tertiary/aromatic N) is 2. The Morgan fingerprint density at radius 2 is 1.68 bits per heavy atom. The molecule has 0 fully saturated rings. The lowest BCUT2D eigenvalue weighted by Crippen LogP contribution is -2.21. The van der Waals surface area contributed by atoms with Crippen LogP contribution in [0.15, 0.2) is 54.1 Å². The lowest BCUT2D eigenvalue weighted by atomic mass is 10.1. The van der Waals surface area contributed by atoms with Crippen LogP contribution in [0, 0.1) is 11.3 Å². The first-order valence-electron chi connectivity index (χ1n) is 10.6. The van der Waals surface area contributed by atoms with Crippen molar-refractivity contribution in [2.45, 2.75) is 33.6 Å². The number of anilines is 2. The minimum Gasteiger partial charge on any atom is -0.462 e. The average Bonchev–Trinajstić information content (AvgIpc) is 2.79. The number of nitriles is 1. The Hall–Kier alpha value is -3.59. The normalized spacial score (nSPS) is 10.8. The summed E-state index contributed by atoms with van der Waals surface area (Å²) in [5.41, 5.74) is 2.77. The first-order valence-corrected chi connectivity index (χ1v) is 10.6. The van der Waals surface area contributed by atoms with Crippen LogP contribution in [0.5, 0.6) is 0 Å². The topological polar surface area (TPSA) is 82.4 Å². The number of benzene rings is 2. The van der Waals surface area contributed by atoms with Gasteiger partial charge in [0.25, 0.3) is 5.91 Å². The fraction of sp³-hybridized carbons (Fsp3) is 0.320. The summed E-state index contributed by atoms with van der Waals surface area (Å²) in [6, 6.07) is 16.1. The van der Waals surface area contributed by atoms with Crippen molar-refractivity contribution in [2.24, 2.45) is 0 Å². The molecule has 6 heteroatoms. The molecule has 0 aromatic heterocycles. The summed E-state index contributed by atoms with van der Waals surface area (Å²) in [4.78, 5) is 26.7. The summed E-state index contributed by atoms with van der Waals surface area (Å²) in [5, 5.41) is 12.1. The molecule has 0 unspecified atom stereocenters. The lowest BCUT2D eigenvalue weighted by molar-refractivity contribution is -0.112. The fourth-order valence-corrected chi connectivity index (χ4v) is 2.97. The van der Waals surface area contributed by atoms with Gasteiger partial charge in [-0.05, 0) is 68.3 Å². The van der Waals surface area contributed by atoms with E-state index in [9.17, 15) is 14.9 Å². The van der Waals surface area contributed by atoms with Crippen LogP contribution in [-0.4, -0.2) is 31.6 Å². The Labute approximate surface area is 184 Å². The maximum atomic E-state index is 12.5. The number of hydrogen-bond acceptors (Lipinski definition) is 5. The fourth-order valence-electron chi connectivity index (χ4n) is 2.97. The molecule has 31 heavy (non-hydrogen) atoms. The van der Waals surface area contributed by atoms with Crippen molar-refractivity contribution in [3.8, 4) is 6.07 Å². The highest BCUT2D eigenvalue weighted by atomic mass is 16.5. The Bertz CT molecular complexity index is 937. The molecular formula is C25H29N3O3. The molecule has 0 aliphatic carbocycles. The van der Waals surface area contributed by atoms with Crippen molar-refractivity contribution in [3.05, 3.63) is 65.2 Å². The highest BCUT2D eigenvalue weighted by Gasteiger charge is 2.11. The zero-order valence-electron chi connectivity index (χ0n) is 18.4. The van der Waals surface area contributed by atoms with Crippen molar-refractivity contribution in [3.63, 3.8) is 0 Å². The minimum atomic E-state index is -0.506. The molecule has 0 heterocycles. The Morgan fingerprint density at radius 1 is 1.03 bits per heavy atom. The van der Waals surface area contributed by atoms with Gasteiger partial charge in [0.15, 0.2) is 0 Å². The van der Waals surface area contributed by atoms with E-state index in [1.54, 1.807) is 30.3 Å². The van der Waals surface area contributed by atoms with Gasteiger partial charge in [0.2, 0.25) is 0 Å². The third-order valence-electron chi connectivity index (χ3n) is 4.81. The van der Waals surface area contributed by atoms with E-state index in [0.29, 0.717) is 17.9 Å². The molecule has 1 N–H and O–H groups in total. The number of esters is 1. The molecule has 2 aromatic rings. The van der Waals surface area contributed by atoms with E-state index in [1.165, 1.54) is 0 Å². The second kappa shape index (κ2) is 12.2. The summed E-state index contributed by atoms with van der Waals surface area (Å²) < 4.78 is 5.17. The molecule has 0 bridgehead atoms. The highest BCUT2D eigenvalue weighted by molar-refractivity contribution is 6.09. The quantitative estimate of drug-likeness (QED) is 0.253. The number of ether oxygens (including phenoxy) is 1. The maximum absolute atomic E-state index is 12.5. The third-order valence-corrected chi connectivity index (χ3v) is 4.81. The van der Waals surface area contributed by atoms with E-state index < -0.39 is 11.9 Å². The summed E-state index contributed by atoms with van der Waals surface area (Å²) in [7, 11) is 0. The molecule has 2 aromatic carbocycles. The number of carbonyl (C=O) groups is 2. The molecule has 6 nitrogen and oxygen atoms in total. The summed E-state index contributed by atoms with van der Waals surface area (Å²) in [6.45, 7) is 8.42. The van der Waals surface area contributed by atoms with Gasteiger partial charge in [-0.3, -0.25) is 4.79 Å². The molecule has 0 aliphatic rings. The van der Waals surface area contributed by atoms with Gasteiger partial charge in [0, 0.05) is 24.5 Å². The monoisotopic (exact) mass is 419 g/mol. The van der Waals surface area contributed by atoms with E-state index in [2.05, 4.69) is 24.1 Å². The molecule has 2 rings (SSSR count). The first-order chi connectivity index (χ1) is 15.0. The number of hydrogen-bond donors (Lipinski definition) is 1. The molecular weight excluding hydrogens is 390 g/mol. The van der Waals surface area contributed by atoms with Gasteiger partial charge in [0.1, 0.15) is 11.6 Å². The van der Waals surface area contributed by atoms with Gasteiger partial charge in [-0.15, -0.1) is 0 Å². The Kier molecular flexibility index (Phi) is 9.31. The first kappa shape index (κ1) is 23.7. The average molecular weight is 420 g/mol. The number of carbonyl (C=O) groups excluding carboxylic acids is 2. The van der Waals surface area contributed by atoms with Crippen molar-refractivity contribution in [1.29, 1.82) is 5.26 Å². The van der Waals surface area contributed by atoms with Gasteiger partial charge in [-0.1, -0.05) is 25.5 Å². The summed E-state index contributed by atoms with van der Waals surface area (Å²) in [6.07, 6.45) is 3.33. The largest absolute Gasteiger partial charge is 0.462 e. The maximum Gasteiger partial charge on any atom is 0.338 e. The zero-order chi connectivity index (χ0) is 22.6. The molecule has 0 radical (unpaired) electrons. The van der Waals surface area contributed by atoms with Gasteiger partial charge < -0.3 is 15.0 Å². The predicted molar refractivity (Wildman–Crippen MR) is 124 cm³/mol. The van der Waals surface area contributed by atoms with Crippen molar-refractivity contribution >= 4 is 29.3 Å². The molecule has 0 atom stereocenters. The number of amides is 1. The van der Waals surface area contributed by atoms with Crippen molar-refractivity contribution in [1.82, 2.24) is 0 Å². The van der Waals surface area contributed by atoms with Crippen LogP contribution < -0.4 is 10.2 Å². The van der Waals surface area contributed by atoms with Crippen LogP contribution in [0.25, 0.3) is 6.08 Å². The van der Waals surface area contributed by atoms with E-state index in [-0.39, 0.29) is 5.57 Å². The van der Waals surface area contributed by atoms with Gasteiger partial charge >= 0.3 is 5.97 Å². The van der Waals surface area contributed by atoms with E-state index >= 15 is 0 Å². The molecule has 0 aliphatic heterocycles. The number of nitrogens with one attached hydrogen (secondary N) is 1. The van der Waals surface area contributed by atoms with Crippen molar-refractivity contribution < 1.29 is 14.3 Å². The molecule has 0 saturated carbocycles. The van der Waals surface area contributed by atoms with E-state index in [0.717, 1.165) is 37.2 Å². The van der Waals surface area contributed by atoms with Crippen LogP contribution in [0.2, 0.25) is 0 Å². The Morgan fingerprint density at radius 3 is 2.23 bits per heavy atom. The predicted octanol–water partition coefficient (Wildman–Crippen LogP) is 5.04. The van der Waals surface area contributed by atoms with Gasteiger partial charge in [-0.2, -0.15) is 5.26 Å². The third kappa shape index (κ3) is 7.00. The standard InChI is InChI=1S/C25H29N3O3/c1-4-7-16-31-25(30)20-10-12-22(13-11-20)27-24(29)21(18-26)17-19-8-14-23(15-9-19)28(5-2)6-3/h8-15,17H,4-7,16H2,1-3H3,(H,27,29)/b21-17-. The molecule has 1 amide bonds. The van der Waals surface area contributed by atoms with Crippen LogP contribution in [0.4, 0.5) is 11.4 Å². The molecule has 162 valence electrons.